The van der Waals surface area contributed by atoms with Crippen LogP contribution in [0.2, 0.25) is 10.0 Å². The number of halogens is 2. The van der Waals surface area contributed by atoms with Crippen LogP contribution in [0.25, 0.3) is 23.3 Å². The van der Waals surface area contributed by atoms with Gasteiger partial charge in [-0.15, -0.1) is 0 Å². The van der Waals surface area contributed by atoms with Crippen LogP contribution in [0.3, 0.4) is 0 Å². The highest BCUT2D eigenvalue weighted by molar-refractivity contribution is 6.30. The van der Waals surface area contributed by atoms with E-state index in [0.29, 0.717) is 21.2 Å². The maximum Gasteiger partial charge on any atom is 0.0998 e. The summed E-state index contributed by atoms with van der Waals surface area (Å²) in [4.78, 5) is 0. The fourth-order valence-electron chi connectivity index (χ4n) is 2.64. The largest absolute Gasteiger partial charge is 0.192 e. The molecule has 0 aliphatic heterocycles. The summed E-state index contributed by atoms with van der Waals surface area (Å²) in [6, 6.07) is 26.4. The van der Waals surface area contributed by atoms with Crippen molar-refractivity contribution < 1.29 is 0 Å². The maximum absolute atomic E-state index is 9.52. The molecule has 0 radical (unpaired) electrons. The van der Waals surface area contributed by atoms with Crippen LogP contribution in [0.4, 0.5) is 0 Å². The molecule has 134 valence electrons. The van der Waals surface area contributed by atoms with Gasteiger partial charge in [0.05, 0.1) is 23.3 Å². The minimum atomic E-state index is 0.536. The van der Waals surface area contributed by atoms with Crippen molar-refractivity contribution in [1.29, 1.82) is 10.5 Å². The summed E-state index contributed by atoms with van der Waals surface area (Å²) in [7, 11) is 0. The van der Waals surface area contributed by atoms with Crippen LogP contribution in [0.15, 0.2) is 72.8 Å². The Morgan fingerprint density at radius 1 is 0.571 bits per heavy atom. The van der Waals surface area contributed by atoms with Crippen LogP contribution in [0, 0.1) is 22.7 Å². The van der Waals surface area contributed by atoms with E-state index in [2.05, 4.69) is 12.1 Å². The van der Waals surface area contributed by atoms with Gasteiger partial charge in [0.2, 0.25) is 0 Å². The van der Waals surface area contributed by atoms with Crippen molar-refractivity contribution >= 4 is 46.5 Å². The first kappa shape index (κ1) is 19.5. The molecule has 0 N–H and O–H groups in total. The molecule has 2 nitrogen and oxygen atoms in total. The van der Waals surface area contributed by atoms with Crippen molar-refractivity contribution in [3.8, 4) is 12.1 Å². The van der Waals surface area contributed by atoms with Crippen molar-refractivity contribution in [2.24, 2.45) is 0 Å². The van der Waals surface area contributed by atoms with E-state index in [1.807, 2.05) is 48.5 Å². The van der Waals surface area contributed by atoms with Crippen LogP contribution in [0.1, 0.15) is 22.3 Å². The molecular formula is C24H14Cl2N2. The molecule has 0 aromatic heterocycles. The minimum absolute atomic E-state index is 0.536. The summed E-state index contributed by atoms with van der Waals surface area (Å²) >= 11 is 11.8. The maximum atomic E-state index is 9.52. The van der Waals surface area contributed by atoms with Gasteiger partial charge in [-0.25, -0.2) is 0 Å². The predicted octanol–water partition coefficient (Wildman–Crippen LogP) is 7.12. The van der Waals surface area contributed by atoms with Crippen molar-refractivity contribution in [2.75, 3.05) is 0 Å². The molecule has 0 aliphatic rings. The van der Waals surface area contributed by atoms with E-state index in [0.717, 1.165) is 22.3 Å². The fraction of sp³-hybridized carbons (Fsp3) is 0. The summed E-state index contributed by atoms with van der Waals surface area (Å²) in [6.07, 6.45) is 3.61. The lowest BCUT2D eigenvalue weighted by Crippen LogP contribution is -1.86. The van der Waals surface area contributed by atoms with Crippen LogP contribution in [0.5, 0.6) is 0 Å². The quantitative estimate of drug-likeness (QED) is 0.345. The second-order valence-electron chi connectivity index (χ2n) is 6.02. The zero-order valence-corrected chi connectivity index (χ0v) is 16.2. The summed E-state index contributed by atoms with van der Waals surface area (Å²) in [6.45, 7) is 0. The van der Waals surface area contributed by atoms with Gasteiger partial charge in [-0.1, -0.05) is 71.7 Å². The molecule has 28 heavy (non-hydrogen) atoms. The first-order valence-electron chi connectivity index (χ1n) is 8.44. The van der Waals surface area contributed by atoms with Gasteiger partial charge >= 0.3 is 0 Å². The molecule has 0 saturated carbocycles. The third-order valence-corrected chi connectivity index (χ3v) is 4.61. The number of hydrogen-bond donors (Lipinski definition) is 0. The Balaban J connectivity index is 1.89. The Morgan fingerprint density at radius 2 is 0.893 bits per heavy atom. The first-order valence-corrected chi connectivity index (χ1v) is 9.20. The molecule has 0 aliphatic carbocycles. The Morgan fingerprint density at radius 3 is 1.18 bits per heavy atom. The van der Waals surface area contributed by atoms with Crippen LogP contribution < -0.4 is 0 Å². The van der Waals surface area contributed by atoms with Gasteiger partial charge in [-0.05, 0) is 58.7 Å². The number of benzene rings is 3. The SMILES string of the molecule is N#C/C(=C\c1ccc(Cl)cc1)c1ccc(/C(C#N)=C/c2ccc(Cl)cc2)cc1. The van der Waals surface area contributed by atoms with Gasteiger partial charge < -0.3 is 0 Å². The molecule has 0 saturated heterocycles. The van der Waals surface area contributed by atoms with Gasteiger partial charge in [-0.2, -0.15) is 10.5 Å². The molecule has 0 atom stereocenters. The standard InChI is InChI=1S/C24H14Cl2N2/c25-23-9-1-17(2-10-23)13-21(15-27)19-5-7-20(8-6-19)22(16-28)14-18-3-11-24(26)12-4-18/h1-14H/b21-13+,22-14+. The zero-order chi connectivity index (χ0) is 19.9. The van der Waals surface area contributed by atoms with Gasteiger partial charge in [0, 0.05) is 10.0 Å². The van der Waals surface area contributed by atoms with E-state index >= 15 is 0 Å². The van der Waals surface area contributed by atoms with Gasteiger partial charge in [0.1, 0.15) is 0 Å². The Hall–Kier alpha value is -3.30. The Labute approximate surface area is 174 Å². The number of nitriles is 2. The lowest BCUT2D eigenvalue weighted by Gasteiger charge is -2.04. The monoisotopic (exact) mass is 400 g/mol. The highest BCUT2D eigenvalue weighted by Gasteiger charge is 2.05. The highest BCUT2D eigenvalue weighted by Crippen LogP contribution is 2.23. The second kappa shape index (κ2) is 9.07. The predicted molar refractivity (Wildman–Crippen MR) is 116 cm³/mol. The van der Waals surface area contributed by atoms with Crippen LogP contribution in [-0.4, -0.2) is 0 Å². The molecule has 3 rings (SSSR count). The Kier molecular flexibility index (Phi) is 6.30. The topological polar surface area (TPSA) is 47.6 Å². The smallest absolute Gasteiger partial charge is 0.0998 e. The van der Waals surface area contributed by atoms with Crippen molar-refractivity contribution in [3.05, 3.63) is 105 Å². The summed E-state index contributed by atoms with van der Waals surface area (Å²) < 4.78 is 0. The van der Waals surface area contributed by atoms with E-state index in [1.165, 1.54) is 0 Å². The van der Waals surface area contributed by atoms with Gasteiger partial charge in [0.15, 0.2) is 0 Å². The normalized spacial score (nSPS) is 11.6. The number of hydrogen-bond acceptors (Lipinski definition) is 2. The van der Waals surface area contributed by atoms with Gasteiger partial charge in [-0.3, -0.25) is 0 Å². The average Bonchev–Trinajstić information content (AvgIpc) is 2.73. The van der Waals surface area contributed by atoms with E-state index < -0.39 is 0 Å². The lowest BCUT2D eigenvalue weighted by atomic mass is 9.99. The van der Waals surface area contributed by atoms with E-state index in [4.69, 9.17) is 23.2 Å². The lowest BCUT2D eigenvalue weighted by molar-refractivity contribution is 1.50. The highest BCUT2D eigenvalue weighted by atomic mass is 35.5. The third-order valence-electron chi connectivity index (χ3n) is 4.11. The molecule has 0 amide bonds. The molecule has 0 heterocycles. The van der Waals surface area contributed by atoms with E-state index in [9.17, 15) is 10.5 Å². The second-order valence-corrected chi connectivity index (χ2v) is 6.89. The van der Waals surface area contributed by atoms with Crippen LogP contribution >= 0.6 is 23.2 Å². The van der Waals surface area contributed by atoms with Crippen molar-refractivity contribution in [1.82, 2.24) is 0 Å². The summed E-state index contributed by atoms with van der Waals surface area (Å²) in [5.74, 6) is 0. The van der Waals surface area contributed by atoms with Crippen LogP contribution in [-0.2, 0) is 0 Å². The fourth-order valence-corrected chi connectivity index (χ4v) is 2.89. The molecular weight excluding hydrogens is 387 g/mol. The molecule has 3 aromatic rings. The van der Waals surface area contributed by atoms with E-state index in [-0.39, 0.29) is 0 Å². The summed E-state index contributed by atoms with van der Waals surface area (Å²) in [5, 5.41) is 20.3. The minimum Gasteiger partial charge on any atom is -0.192 e. The molecule has 4 heteroatoms. The molecule has 0 unspecified atom stereocenters. The first-order chi connectivity index (χ1) is 13.6. The van der Waals surface area contributed by atoms with Gasteiger partial charge in [0.25, 0.3) is 0 Å². The average molecular weight is 401 g/mol. The Bertz CT molecular complexity index is 1020. The summed E-state index contributed by atoms with van der Waals surface area (Å²) in [5.41, 5.74) is 4.42. The van der Waals surface area contributed by atoms with Crippen molar-refractivity contribution in [3.63, 3.8) is 0 Å². The third kappa shape index (κ3) is 4.90. The number of nitrogens with zero attached hydrogens (tertiary/aromatic N) is 2. The zero-order valence-electron chi connectivity index (χ0n) is 14.7. The molecule has 3 aromatic carbocycles. The molecule has 0 bridgehead atoms. The number of rotatable bonds is 4. The number of allylic oxidation sites excluding steroid dienone is 2. The molecule has 0 fully saturated rings. The van der Waals surface area contributed by atoms with E-state index in [1.54, 1.807) is 36.4 Å². The van der Waals surface area contributed by atoms with Crippen molar-refractivity contribution in [2.45, 2.75) is 0 Å². The molecule has 0 spiro atoms.